The van der Waals surface area contributed by atoms with Crippen LogP contribution < -0.4 is 10.6 Å². The van der Waals surface area contributed by atoms with E-state index < -0.39 is 0 Å². The molecule has 1 saturated heterocycles. The van der Waals surface area contributed by atoms with Gasteiger partial charge in [0.2, 0.25) is 0 Å². The maximum absolute atomic E-state index is 12.0. The van der Waals surface area contributed by atoms with Crippen LogP contribution in [0.3, 0.4) is 0 Å². The first-order valence-corrected chi connectivity index (χ1v) is 10.9. The monoisotopic (exact) mass is 419 g/mol. The third-order valence-corrected chi connectivity index (χ3v) is 6.66. The SMILES string of the molecule is CN1CCC(C(=S)Nc2cnc3[nH]cc(-c4ccc5c(c4)CCNC5=O)c3c2)CC1. The number of likely N-dealkylation sites (tertiary alicyclic amines) is 1. The van der Waals surface area contributed by atoms with Crippen LogP contribution in [-0.4, -0.2) is 52.4 Å². The number of H-pyrrole nitrogens is 1. The average Bonchev–Trinajstić information content (AvgIpc) is 3.17. The van der Waals surface area contributed by atoms with Crippen molar-refractivity contribution >= 4 is 39.8 Å². The van der Waals surface area contributed by atoms with Gasteiger partial charge < -0.3 is 20.5 Å². The van der Waals surface area contributed by atoms with Crippen molar-refractivity contribution in [3.8, 4) is 11.1 Å². The third-order valence-electron chi connectivity index (χ3n) is 6.23. The minimum Gasteiger partial charge on any atom is -0.352 e. The van der Waals surface area contributed by atoms with E-state index in [2.05, 4.69) is 44.7 Å². The van der Waals surface area contributed by atoms with Gasteiger partial charge in [0.15, 0.2) is 0 Å². The molecule has 30 heavy (non-hydrogen) atoms. The number of hydrogen-bond donors (Lipinski definition) is 3. The topological polar surface area (TPSA) is 73.1 Å². The molecule has 1 aromatic carbocycles. The lowest BCUT2D eigenvalue weighted by Crippen LogP contribution is -2.35. The zero-order valence-electron chi connectivity index (χ0n) is 17.0. The van der Waals surface area contributed by atoms with Gasteiger partial charge >= 0.3 is 0 Å². The predicted molar refractivity (Wildman–Crippen MR) is 124 cm³/mol. The molecule has 6 nitrogen and oxygen atoms in total. The Kier molecular flexibility index (Phi) is 5.00. The van der Waals surface area contributed by atoms with Crippen molar-refractivity contribution in [3.05, 3.63) is 47.8 Å². The van der Waals surface area contributed by atoms with Crippen LogP contribution in [0.1, 0.15) is 28.8 Å². The highest BCUT2D eigenvalue weighted by Crippen LogP contribution is 2.32. The van der Waals surface area contributed by atoms with E-state index in [4.69, 9.17) is 12.2 Å². The molecule has 4 heterocycles. The Bertz CT molecular complexity index is 1130. The molecule has 7 heteroatoms. The van der Waals surface area contributed by atoms with Crippen molar-refractivity contribution in [2.45, 2.75) is 19.3 Å². The Morgan fingerprint density at radius 3 is 2.90 bits per heavy atom. The van der Waals surface area contributed by atoms with E-state index in [1.54, 1.807) is 0 Å². The van der Waals surface area contributed by atoms with Crippen LogP contribution in [0.15, 0.2) is 36.7 Å². The summed E-state index contributed by atoms with van der Waals surface area (Å²) in [5, 5.41) is 7.37. The Labute approximate surface area is 181 Å². The highest BCUT2D eigenvalue weighted by Gasteiger charge is 2.21. The van der Waals surface area contributed by atoms with E-state index in [9.17, 15) is 4.79 Å². The summed E-state index contributed by atoms with van der Waals surface area (Å²) < 4.78 is 0. The van der Waals surface area contributed by atoms with Crippen LogP contribution >= 0.6 is 12.2 Å². The van der Waals surface area contributed by atoms with Crippen LogP contribution in [0.25, 0.3) is 22.2 Å². The van der Waals surface area contributed by atoms with Gasteiger partial charge in [0.25, 0.3) is 5.91 Å². The van der Waals surface area contributed by atoms with Crippen molar-refractivity contribution < 1.29 is 4.79 Å². The summed E-state index contributed by atoms with van der Waals surface area (Å²) in [6, 6.07) is 8.17. The van der Waals surface area contributed by atoms with Crippen molar-refractivity contribution in [3.63, 3.8) is 0 Å². The van der Waals surface area contributed by atoms with Crippen LogP contribution in [0.4, 0.5) is 5.69 Å². The minimum atomic E-state index is 0.0114. The highest BCUT2D eigenvalue weighted by atomic mass is 32.1. The number of nitrogens with zero attached hydrogens (tertiary/aromatic N) is 2. The second kappa shape index (κ2) is 7.81. The van der Waals surface area contributed by atoms with Crippen LogP contribution in [0.2, 0.25) is 0 Å². The fourth-order valence-electron chi connectivity index (χ4n) is 4.42. The third kappa shape index (κ3) is 3.59. The first-order valence-electron chi connectivity index (χ1n) is 10.5. The van der Waals surface area contributed by atoms with Gasteiger partial charge in [-0.25, -0.2) is 4.98 Å². The van der Waals surface area contributed by atoms with Crippen LogP contribution in [-0.2, 0) is 6.42 Å². The molecule has 0 radical (unpaired) electrons. The molecule has 0 spiro atoms. The second-order valence-electron chi connectivity index (χ2n) is 8.27. The molecule has 5 rings (SSSR count). The summed E-state index contributed by atoms with van der Waals surface area (Å²) >= 11 is 5.70. The van der Waals surface area contributed by atoms with E-state index in [1.165, 1.54) is 0 Å². The van der Waals surface area contributed by atoms with Gasteiger partial charge in [-0.05, 0) is 62.7 Å². The summed E-state index contributed by atoms with van der Waals surface area (Å²) in [4.78, 5) is 23.1. The van der Waals surface area contributed by atoms with Crippen molar-refractivity contribution in [1.82, 2.24) is 20.2 Å². The largest absolute Gasteiger partial charge is 0.352 e. The molecule has 3 N–H and O–H groups in total. The average molecular weight is 420 g/mol. The van der Waals surface area contributed by atoms with Crippen LogP contribution in [0, 0.1) is 5.92 Å². The number of amides is 1. The Hall–Kier alpha value is -2.77. The van der Waals surface area contributed by atoms with Crippen molar-refractivity contribution in [1.29, 1.82) is 0 Å². The van der Waals surface area contributed by atoms with Crippen molar-refractivity contribution in [2.24, 2.45) is 5.92 Å². The Morgan fingerprint density at radius 1 is 1.23 bits per heavy atom. The Morgan fingerprint density at radius 2 is 2.07 bits per heavy atom. The number of thiocarbonyl (C=S) groups is 1. The quantitative estimate of drug-likeness (QED) is 0.566. The smallest absolute Gasteiger partial charge is 0.251 e. The number of carbonyl (C=O) groups excluding carboxylic acids is 1. The van der Waals surface area contributed by atoms with Gasteiger partial charge in [-0.3, -0.25) is 4.79 Å². The zero-order valence-corrected chi connectivity index (χ0v) is 17.8. The van der Waals surface area contributed by atoms with Gasteiger partial charge in [-0.2, -0.15) is 0 Å². The van der Waals surface area contributed by atoms with Gasteiger partial charge in [0.05, 0.1) is 16.9 Å². The predicted octanol–water partition coefficient (Wildman–Crippen LogP) is 3.60. The van der Waals surface area contributed by atoms with Gasteiger partial charge in [-0.15, -0.1) is 0 Å². The number of benzene rings is 1. The molecular weight excluding hydrogens is 394 g/mol. The van der Waals surface area contributed by atoms with Crippen molar-refractivity contribution in [2.75, 3.05) is 32.0 Å². The summed E-state index contributed by atoms with van der Waals surface area (Å²) in [5.41, 5.74) is 5.80. The number of anilines is 1. The molecule has 154 valence electrons. The molecule has 0 unspecified atom stereocenters. The molecular formula is C23H25N5OS. The minimum absolute atomic E-state index is 0.0114. The van der Waals surface area contributed by atoms with E-state index in [0.29, 0.717) is 12.5 Å². The normalized spacial score (nSPS) is 17.6. The van der Waals surface area contributed by atoms with Gasteiger partial charge in [-0.1, -0.05) is 24.4 Å². The molecule has 1 amide bonds. The summed E-state index contributed by atoms with van der Waals surface area (Å²) in [7, 11) is 2.16. The maximum Gasteiger partial charge on any atom is 0.251 e. The number of rotatable bonds is 3. The fraction of sp³-hybridized carbons (Fsp3) is 0.348. The number of aromatic nitrogens is 2. The van der Waals surface area contributed by atoms with E-state index in [0.717, 1.165) is 76.3 Å². The molecule has 0 atom stereocenters. The number of hydrogen-bond acceptors (Lipinski definition) is 4. The lowest BCUT2D eigenvalue weighted by molar-refractivity contribution is 0.0946. The van der Waals surface area contributed by atoms with Gasteiger partial charge in [0.1, 0.15) is 5.65 Å². The molecule has 1 fully saturated rings. The maximum atomic E-state index is 12.0. The number of carbonyl (C=O) groups is 1. The number of piperidine rings is 1. The number of pyridine rings is 1. The molecule has 0 bridgehead atoms. The molecule has 2 aromatic heterocycles. The molecule has 3 aromatic rings. The van der Waals surface area contributed by atoms with E-state index in [1.807, 2.05) is 24.5 Å². The van der Waals surface area contributed by atoms with E-state index >= 15 is 0 Å². The number of aromatic amines is 1. The van der Waals surface area contributed by atoms with E-state index in [-0.39, 0.29) is 5.91 Å². The second-order valence-corrected chi connectivity index (χ2v) is 8.71. The Balaban J connectivity index is 1.42. The molecule has 0 aliphatic carbocycles. The van der Waals surface area contributed by atoms with Gasteiger partial charge in [0, 0.05) is 35.2 Å². The summed E-state index contributed by atoms with van der Waals surface area (Å²) in [5.74, 6) is 0.432. The standard InChI is InChI=1S/C23H25N5OS/c1-28-8-5-14(6-9-28)23(30)27-17-11-19-20(13-26-21(19)25-12-17)15-2-3-18-16(10-15)4-7-24-22(18)29/h2-3,10-14H,4-9H2,1H3,(H,24,29)(H,25,26)(H,27,30). The lowest BCUT2D eigenvalue weighted by Gasteiger charge is -2.29. The lowest BCUT2D eigenvalue weighted by atomic mass is 9.95. The molecule has 2 aliphatic heterocycles. The molecule has 2 aliphatic rings. The zero-order chi connectivity index (χ0) is 20.7. The number of fused-ring (bicyclic) bond motifs is 2. The first-order chi connectivity index (χ1) is 14.6. The summed E-state index contributed by atoms with van der Waals surface area (Å²) in [6.45, 7) is 2.86. The highest BCUT2D eigenvalue weighted by molar-refractivity contribution is 7.80. The first kappa shape index (κ1) is 19.2. The summed E-state index contributed by atoms with van der Waals surface area (Å²) in [6.07, 6.45) is 6.86. The van der Waals surface area contributed by atoms with Crippen LogP contribution in [0.5, 0.6) is 0 Å². The molecule has 0 saturated carbocycles. The fourth-order valence-corrected chi connectivity index (χ4v) is 4.77. The number of nitrogens with one attached hydrogen (secondary N) is 3.